The lowest BCUT2D eigenvalue weighted by atomic mass is 9.33. The van der Waals surface area contributed by atoms with Crippen molar-refractivity contribution < 1.29 is 19.2 Å². The van der Waals surface area contributed by atoms with Gasteiger partial charge in [0.05, 0.1) is 52.6 Å². The fourth-order valence-electron chi connectivity index (χ4n) is 21.9. The van der Waals surface area contributed by atoms with Crippen molar-refractivity contribution in [3.8, 4) is 89.3 Å². The van der Waals surface area contributed by atoms with Gasteiger partial charge in [-0.2, -0.15) is 0 Å². The first kappa shape index (κ1) is 63.0. The van der Waals surface area contributed by atoms with E-state index in [1.54, 1.807) is 9.13 Å². The average Bonchev–Trinajstić information content (AvgIpc) is 1.49. The van der Waals surface area contributed by atoms with Crippen molar-refractivity contribution >= 4 is 144 Å². The van der Waals surface area contributed by atoms with Crippen LogP contribution in [-0.2, 0) is 17.3 Å². The van der Waals surface area contributed by atoms with Gasteiger partial charge in [-0.25, -0.2) is 0 Å². The van der Waals surface area contributed by atoms with Crippen LogP contribution in [0.15, 0.2) is 436 Å². The highest BCUT2D eigenvalue weighted by molar-refractivity contribution is 7.00. The third-order valence-corrected chi connectivity index (χ3v) is 28.1. The van der Waals surface area contributed by atoms with Crippen molar-refractivity contribution in [1.82, 2.24) is 9.13 Å². The van der Waals surface area contributed by atoms with Gasteiger partial charge < -0.3 is 18.9 Å². The van der Waals surface area contributed by atoms with Gasteiger partial charge >= 0.3 is 0 Å². The van der Waals surface area contributed by atoms with Crippen LogP contribution in [0.3, 0.4) is 0 Å². The van der Waals surface area contributed by atoms with E-state index in [4.69, 9.17) is 0 Å². The summed E-state index contributed by atoms with van der Waals surface area (Å²) in [5.41, 5.74) is 23.0. The van der Waals surface area contributed by atoms with Crippen LogP contribution in [0.4, 0.5) is 34.1 Å². The standard InChI is InChI=1S/C126H89BN4/c1-125(2,3)93-75-106(81-35-14-8-15-36-81)124(107(76-93)82-37-16-9-17-38-82)131-117-78-95(129-113-52-27-24-45-103(113)121-99(47-30-54-115(121)129)80-33-12-7-13-34-80)66-68-111(117)127-110-67-65-94(128-112-51-26-23-44-102(112)120-98(46-29-53-114(120)128)79-31-10-6-11-32-79)77-116(110)130(118-73-92(74-119(131)122(118)127)87-61-64-91-69-90-41-20-25-50-108(90)126(4,5)109(91)72-87)123-100(88-62-59-85-57-55-83-39-18-21-42-96(83)104(85)70-88)48-28-49-101(123)89-63-60-86-58-56-84-40-19-22-43-97(84)105(86)71-89/h6-68,70-78H,69H2,1-5H3/i23D,24D,26D,27D,29D,30D,44D,45D,46D,47D,51D,52D,53D,54D. The highest BCUT2D eigenvalue weighted by atomic mass is 15.2. The van der Waals surface area contributed by atoms with E-state index in [0.717, 1.165) is 149 Å². The molecule has 0 spiro atoms. The van der Waals surface area contributed by atoms with Crippen LogP contribution in [0.5, 0.6) is 0 Å². The first-order valence-corrected chi connectivity index (χ1v) is 44.9. The van der Waals surface area contributed by atoms with E-state index in [2.05, 4.69) is 311 Å². The van der Waals surface area contributed by atoms with Crippen LogP contribution in [0.1, 0.15) is 81.6 Å². The largest absolute Gasteiger partial charge is 0.310 e. The van der Waals surface area contributed by atoms with E-state index in [0.29, 0.717) is 40.3 Å². The number of hydrogen-bond donors (Lipinski definition) is 0. The summed E-state index contributed by atoms with van der Waals surface area (Å²) in [7, 11) is 0. The molecular formula is C126H89BN4. The molecule has 3 aliphatic rings. The lowest BCUT2D eigenvalue weighted by molar-refractivity contribution is 0.591. The predicted molar refractivity (Wildman–Crippen MR) is 557 cm³/mol. The highest BCUT2D eigenvalue weighted by Crippen LogP contribution is 2.57. The molecule has 21 aromatic carbocycles. The monoisotopic (exact) mass is 1680 g/mol. The normalized spacial score (nSPS) is 14.7. The second-order valence-corrected chi connectivity index (χ2v) is 36.7. The molecule has 0 saturated heterocycles. The lowest BCUT2D eigenvalue weighted by Gasteiger charge is -2.46. The zero-order valence-electron chi connectivity index (χ0n) is 86.6. The van der Waals surface area contributed by atoms with Gasteiger partial charge in [0, 0.05) is 83.3 Å². The summed E-state index contributed by atoms with van der Waals surface area (Å²) < 4.78 is 144. The van der Waals surface area contributed by atoms with Gasteiger partial charge in [-0.3, -0.25) is 0 Å². The third-order valence-electron chi connectivity index (χ3n) is 28.1. The number of anilines is 6. The average molecular weight is 1680 g/mol. The van der Waals surface area contributed by atoms with Gasteiger partial charge in [0.2, 0.25) is 0 Å². The molecule has 0 bridgehead atoms. The maximum Gasteiger partial charge on any atom is 0.252 e. The minimum Gasteiger partial charge on any atom is -0.310 e. The Morgan fingerprint density at radius 1 is 0.282 bits per heavy atom. The second kappa shape index (κ2) is 29.5. The van der Waals surface area contributed by atoms with E-state index in [1.807, 2.05) is 84.9 Å². The van der Waals surface area contributed by atoms with Crippen LogP contribution in [0.2, 0.25) is 0 Å². The topological polar surface area (TPSA) is 16.3 Å². The van der Waals surface area contributed by atoms with E-state index in [9.17, 15) is 19.2 Å². The number of aromatic nitrogens is 2. The van der Waals surface area contributed by atoms with Crippen LogP contribution in [0, 0.1) is 0 Å². The molecule has 0 saturated carbocycles. The Hall–Kier alpha value is -16.1. The van der Waals surface area contributed by atoms with Gasteiger partial charge in [0.1, 0.15) is 0 Å². The van der Waals surface area contributed by atoms with Crippen LogP contribution in [0.25, 0.3) is 176 Å². The Morgan fingerprint density at radius 2 is 0.695 bits per heavy atom. The van der Waals surface area contributed by atoms with Crippen LogP contribution in [-0.4, -0.2) is 15.8 Å². The van der Waals surface area contributed by atoms with E-state index in [1.165, 1.54) is 16.7 Å². The minimum atomic E-state index is -0.822. The van der Waals surface area contributed by atoms with E-state index in [-0.39, 0.29) is 103 Å². The number of fused-ring (bicyclic) bond motifs is 18. The maximum absolute atomic E-state index is 10.5. The molecule has 131 heavy (non-hydrogen) atoms. The second-order valence-electron chi connectivity index (χ2n) is 36.7. The Bertz CT molecular complexity index is 9430. The number of hydrogen-bond acceptors (Lipinski definition) is 2. The first-order chi connectivity index (χ1) is 70.2. The van der Waals surface area contributed by atoms with E-state index >= 15 is 0 Å². The molecule has 0 unspecified atom stereocenters. The molecule has 26 rings (SSSR count). The van der Waals surface area contributed by atoms with Crippen LogP contribution >= 0.6 is 0 Å². The van der Waals surface area contributed by atoms with Crippen molar-refractivity contribution in [2.45, 2.75) is 51.9 Å². The Kier molecular flexibility index (Phi) is 14.2. The molecule has 0 atom stereocenters. The number of benzene rings is 21. The summed E-state index contributed by atoms with van der Waals surface area (Å²) in [4.78, 5) is 4.88. The first-order valence-electron chi connectivity index (χ1n) is 51.9. The number of para-hydroxylation sites is 3. The SMILES string of the molecule is [2H]c1c([2H])c([2H])c2c(c1[2H])c1c(-c3ccccc3)c([2H])c([2H])c([2H])c1n2-c1ccc2c(c1)N(c1c(-c3ccc4ccc5ccccc5c4c3)cccc1-c1ccc3ccc4ccccc4c3c1)c1cc(-c3ccc4c(c3)C(C)(C)c3ccccc3C4)cc3c1B2c1ccc(-n2c4c([2H])c([2H])c([2H])c([2H])c4c4c(-c5ccccc5)c([2H])c([2H])c([2H])c42)cc1N3c1c(-c2ccccc2)cc(C(C)(C)C)cc1-c1ccccc1. The summed E-state index contributed by atoms with van der Waals surface area (Å²) >= 11 is 0. The summed E-state index contributed by atoms with van der Waals surface area (Å²) in [6.07, 6.45) is 0.704. The van der Waals surface area contributed by atoms with Crippen molar-refractivity contribution in [2.24, 2.45) is 0 Å². The summed E-state index contributed by atoms with van der Waals surface area (Å²) in [6, 6.07) is 117. The predicted octanol–water partition coefficient (Wildman–Crippen LogP) is 31.8. The third kappa shape index (κ3) is 11.9. The van der Waals surface area contributed by atoms with Crippen molar-refractivity contribution in [3.05, 3.63) is 464 Å². The van der Waals surface area contributed by atoms with Crippen molar-refractivity contribution in [1.29, 1.82) is 0 Å². The smallest absolute Gasteiger partial charge is 0.252 e. The molecule has 4 nitrogen and oxygen atoms in total. The molecule has 616 valence electrons. The van der Waals surface area contributed by atoms with Crippen molar-refractivity contribution in [2.75, 3.05) is 9.80 Å². The molecule has 5 heteroatoms. The fraction of sp³-hybridized carbons (Fsp3) is 0.0635. The molecule has 4 heterocycles. The van der Waals surface area contributed by atoms with Gasteiger partial charge in [-0.1, -0.05) is 380 Å². The summed E-state index contributed by atoms with van der Waals surface area (Å²) in [5, 5.41) is 9.06. The fourth-order valence-corrected chi connectivity index (χ4v) is 21.9. The highest BCUT2D eigenvalue weighted by Gasteiger charge is 2.47. The van der Waals surface area contributed by atoms with Gasteiger partial charge in [0.25, 0.3) is 6.71 Å². The molecule has 0 radical (unpaired) electrons. The maximum atomic E-state index is 10.5. The summed E-state index contributed by atoms with van der Waals surface area (Å²) in [6.45, 7) is 10.5. The van der Waals surface area contributed by atoms with Crippen molar-refractivity contribution in [3.63, 3.8) is 0 Å². The Labute approximate surface area is 782 Å². The molecular weight excluding hydrogens is 1580 g/mol. The Balaban J connectivity index is 0.881. The molecule has 2 aromatic heterocycles. The van der Waals surface area contributed by atoms with Gasteiger partial charge in [0.15, 0.2) is 0 Å². The minimum absolute atomic E-state index is 0.0417. The zero-order chi connectivity index (χ0) is 99.2. The number of nitrogens with zero attached hydrogens (tertiary/aromatic N) is 4. The molecule has 2 aliphatic heterocycles. The quantitative estimate of drug-likeness (QED) is 0.0948. The van der Waals surface area contributed by atoms with E-state index < -0.39 is 53.8 Å². The summed E-state index contributed by atoms with van der Waals surface area (Å²) in [5.74, 6) is 0. The van der Waals surface area contributed by atoms with Gasteiger partial charge in [-0.15, -0.1) is 0 Å². The van der Waals surface area contributed by atoms with Gasteiger partial charge in [-0.05, 0) is 246 Å². The molecule has 0 amide bonds. The lowest BCUT2D eigenvalue weighted by Crippen LogP contribution is -2.61. The number of rotatable bonds is 11. The zero-order valence-corrected chi connectivity index (χ0v) is 72.6. The van der Waals surface area contributed by atoms with Crippen LogP contribution < -0.4 is 26.2 Å². The Morgan fingerprint density at radius 3 is 1.19 bits per heavy atom. The molecule has 1 aliphatic carbocycles. The molecule has 23 aromatic rings. The molecule has 0 fully saturated rings. The molecule has 0 N–H and O–H groups in total.